The van der Waals surface area contributed by atoms with E-state index in [-0.39, 0.29) is 6.61 Å². The van der Waals surface area contributed by atoms with E-state index in [4.69, 9.17) is 4.98 Å². The molecule has 1 aliphatic heterocycles. The van der Waals surface area contributed by atoms with Gasteiger partial charge in [0, 0.05) is 37.6 Å². The molecule has 0 spiro atoms. The van der Waals surface area contributed by atoms with Gasteiger partial charge < -0.3 is 10.0 Å². The number of benzene rings is 1. The number of aliphatic hydroxyl groups excluding tert-OH is 1. The normalized spacial score (nSPS) is 20.1. The van der Waals surface area contributed by atoms with E-state index in [1.807, 2.05) is 24.3 Å². The van der Waals surface area contributed by atoms with Crippen LogP contribution in [0.1, 0.15) is 18.4 Å². The Bertz CT molecular complexity index is 646. The first-order chi connectivity index (χ1) is 10.3. The van der Waals surface area contributed by atoms with E-state index in [9.17, 15) is 5.11 Å². The average Bonchev–Trinajstić information content (AvgIpc) is 3.39. The zero-order valence-electron chi connectivity index (χ0n) is 12.2. The first kappa shape index (κ1) is 13.0. The summed E-state index contributed by atoms with van der Waals surface area (Å²) in [5, 5.41) is 10.7. The largest absolute Gasteiger partial charge is 0.392 e. The molecule has 0 bridgehead atoms. The molecule has 0 atom stereocenters. The number of hydrogen-bond acceptors (Lipinski definition) is 4. The molecule has 21 heavy (non-hydrogen) atoms. The Morgan fingerprint density at radius 1 is 1.10 bits per heavy atom. The zero-order chi connectivity index (χ0) is 14.2. The van der Waals surface area contributed by atoms with Crippen molar-refractivity contribution in [3.8, 4) is 0 Å². The summed E-state index contributed by atoms with van der Waals surface area (Å²) in [6.45, 7) is 4.40. The monoisotopic (exact) mass is 283 g/mol. The Balaban J connectivity index is 1.61. The highest BCUT2D eigenvalue weighted by Crippen LogP contribution is 2.29. The molecule has 1 N–H and O–H groups in total. The van der Waals surface area contributed by atoms with Gasteiger partial charge in [0.15, 0.2) is 0 Å². The van der Waals surface area contributed by atoms with Crippen molar-refractivity contribution in [1.29, 1.82) is 0 Å². The van der Waals surface area contributed by atoms with Gasteiger partial charge in [-0.05, 0) is 30.5 Å². The van der Waals surface area contributed by atoms with Crippen molar-refractivity contribution in [3.63, 3.8) is 0 Å². The lowest BCUT2D eigenvalue weighted by molar-refractivity contribution is 0.247. The highest BCUT2D eigenvalue weighted by molar-refractivity contribution is 5.84. The van der Waals surface area contributed by atoms with Crippen molar-refractivity contribution >= 4 is 16.7 Å². The van der Waals surface area contributed by atoms with Gasteiger partial charge >= 0.3 is 0 Å². The van der Waals surface area contributed by atoms with Crippen LogP contribution in [0.15, 0.2) is 30.3 Å². The van der Waals surface area contributed by atoms with Gasteiger partial charge in [0.05, 0.1) is 12.1 Å². The molecule has 0 unspecified atom stereocenters. The molecule has 1 aromatic heterocycles. The molecule has 1 saturated carbocycles. The summed E-state index contributed by atoms with van der Waals surface area (Å²) in [6, 6.07) is 11.0. The molecule has 1 saturated heterocycles. The fraction of sp³-hybridized carbons (Fsp3) is 0.471. The zero-order valence-corrected chi connectivity index (χ0v) is 12.2. The summed E-state index contributed by atoms with van der Waals surface area (Å²) in [5.74, 6) is 1.01. The molecule has 2 aliphatic rings. The maximum atomic E-state index is 9.63. The lowest BCUT2D eigenvalue weighted by Crippen LogP contribution is -2.47. The van der Waals surface area contributed by atoms with Gasteiger partial charge in [0.2, 0.25) is 0 Å². The fourth-order valence-electron chi connectivity index (χ4n) is 3.28. The molecular weight excluding hydrogens is 262 g/mol. The van der Waals surface area contributed by atoms with Crippen molar-refractivity contribution in [2.24, 2.45) is 0 Å². The highest BCUT2D eigenvalue weighted by Gasteiger charge is 2.31. The fourth-order valence-corrected chi connectivity index (χ4v) is 3.28. The number of aromatic nitrogens is 1. The Morgan fingerprint density at radius 2 is 1.86 bits per heavy atom. The van der Waals surface area contributed by atoms with E-state index in [1.54, 1.807) is 0 Å². The minimum absolute atomic E-state index is 0.0675. The van der Waals surface area contributed by atoms with E-state index >= 15 is 0 Å². The van der Waals surface area contributed by atoms with E-state index in [0.717, 1.165) is 54.5 Å². The van der Waals surface area contributed by atoms with Gasteiger partial charge in [-0.25, -0.2) is 4.98 Å². The third kappa shape index (κ3) is 2.49. The third-order valence-corrected chi connectivity index (χ3v) is 4.66. The van der Waals surface area contributed by atoms with Crippen molar-refractivity contribution in [2.75, 3.05) is 31.1 Å². The van der Waals surface area contributed by atoms with Gasteiger partial charge in [0.25, 0.3) is 0 Å². The molecule has 110 valence electrons. The van der Waals surface area contributed by atoms with E-state index in [1.165, 1.54) is 12.8 Å². The van der Waals surface area contributed by atoms with Crippen LogP contribution in [0.25, 0.3) is 10.9 Å². The molecule has 2 heterocycles. The number of para-hydroxylation sites is 1. The van der Waals surface area contributed by atoms with Crippen LogP contribution in [-0.2, 0) is 6.61 Å². The smallest absolute Gasteiger partial charge is 0.129 e. The Labute approximate surface area is 125 Å². The quantitative estimate of drug-likeness (QED) is 0.935. The van der Waals surface area contributed by atoms with Gasteiger partial charge in [-0.3, -0.25) is 4.90 Å². The summed E-state index contributed by atoms with van der Waals surface area (Å²) in [6.07, 6.45) is 2.76. The molecule has 4 rings (SSSR count). The van der Waals surface area contributed by atoms with Crippen molar-refractivity contribution in [2.45, 2.75) is 25.5 Å². The second-order valence-electron chi connectivity index (χ2n) is 6.07. The van der Waals surface area contributed by atoms with Gasteiger partial charge in [-0.15, -0.1) is 0 Å². The lowest BCUT2D eigenvalue weighted by Gasteiger charge is -2.35. The van der Waals surface area contributed by atoms with Crippen molar-refractivity contribution in [3.05, 3.63) is 35.9 Å². The molecule has 4 nitrogen and oxygen atoms in total. The van der Waals surface area contributed by atoms with Gasteiger partial charge in [0.1, 0.15) is 5.82 Å². The molecular formula is C17H21N3O. The van der Waals surface area contributed by atoms with Crippen molar-refractivity contribution < 1.29 is 5.11 Å². The van der Waals surface area contributed by atoms with Crippen molar-refractivity contribution in [1.82, 2.24) is 9.88 Å². The number of pyridine rings is 1. The van der Waals surface area contributed by atoms with Gasteiger partial charge in [-0.2, -0.15) is 0 Å². The Morgan fingerprint density at radius 3 is 2.57 bits per heavy atom. The molecule has 0 radical (unpaired) electrons. The molecule has 4 heteroatoms. The summed E-state index contributed by atoms with van der Waals surface area (Å²) in [5.41, 5.74) is 1.95. The lowest BCUT2D eigenvalue weighted by atomic mass is 10.1. The predicted molar refractivity (Wildman–Crippen MR) is 84.5 cm³/mol. The first-order valence-electron chi connectivity index (χ1n) is 7.83. The maximum Gasteiger partial charge on any atom is 0.129 e. The van der Waals surface area contributed by atoms with Crippen LogP contribution in [0.2, 0.25) is 0 Å². The Kier molecular flexibility index (Phi) is 3.28. The van der Waals surface area contributed by atoms with Crippen LogP contribution in [0.5, 0.6) is 0 Å². The van der Waals surface area contributed by atoms with Crippen LogP contribution in [0.4, 0.5) is 5.82 Å². The predicted octanol–water partition coefficient (Wildman–Crippen LogP) is 2.01. The van der Waals surface area contributed by atoms with Crippen LogP contribution >= 0.6 is 0 Å². The first-order valence-corrected chi connectivity index (χ1v) is 7.83. The summed E-state index contributed by atoms with van der Waals surface area (Å²) in [7, 11) is 0. The molecule has 2 fully saturated rings. The topological polar surface area (TPSA) is 39.6 Å². The van der Waals surface area contributed by atoms with Crippen LogP contribution in [0.3, 0.4) is 0 Å². The van der Waals surface area contributed by atoms with Crippen LogP contribution in [-0.4, -0.2) is 47.2 Å². The number of piperazine rings is 1. The average molecular weight is 283 g/mol. The Hall–Kier alpha value is -1.65. The van der Waals surface area contributed by atoms with E-state index in [0.29, 0.717) is 0 Å². The highest BCUT2D eigenvalue weighted by atomic mass is 16.3. The number of rotatable bonds is 3. The van der Waals surface area contributed by atoms with E-state index < -0.39 is 0 Å². The second-order valence-corrected chi connectivity index (χ2v) is 6.07. The number of nitrogens with zero attached hydrogens (tertiary/aromatic N) is 3. The molecule has 2 aromatic rings. The van der Waals surface area contributed by atoms with Gasteiger partial charge in [-0.1, -0.05) is 18.2 Å². The standard InChI is InChI=1S/C17H21N3O/c21-12-13-11-17(18-16-4-2-1-3-15(13)16)20-9-7-19(8-10-20)14-5-6-14/h1-4,11,14,21H,5-10,12H2. The molecule has 1 aliphatic carbocycles. The number of hydrogen-bond donors (Lipinski definition) is 1. The summed E-state index contributed by atoms with van der Waals surface area (Å²) in [4.78, 5) is 9.74. The van der Waals surface area contributed by atoms with E-state index in [2.05, 4.69) is 15.9 Å². The number of aliphatic hydroxyl groups is 1. The minimum atomic E-state index is 0.0675. The second kappa shape index (κ2) is 5.28. The number of fused-ring (bicyclic) bond motifs is 1. The molecule has 0 amide bonds. The maximum absolute atomic E-state index is 9.63. The minimum Gasteiger partial charge on any atom is -0.392 e. The van der Waals surface area contributed by atoms with Crippen LogP contribution in [0, 0.1) is 0 Å². The van der Waals surface area contributed by atoms with Crippen LogP contribution < -0.4 is 4.90 Å². The molecule has 1 aromatic carbocycles. The summed E-state index contributed by atoms with van der Waals surface area (Å²) < 4.78 is 0. The number of anilines is 1. The summed E-state index contributed by atoms with van der Waals surface area (Å²) >= 11 is 0. The third-order valence-electron chi connectivity index (χ3n) is 4.66. The SMILES string of the molecule is OCc1cc(N2CCN(C3CC3)CC2)nc2ccccc12.